The second-order valence-electron chi connectivity index (χ2n) is 4.69. The highest BCUT2D eigenvalue weighted by atomic mass is 32.2. The molecular weight excluding hydrogens is 266 g/mol. The van der Waals surface area contributed by atoms with E-state index in [4.69, 9.17) is 10.9 Å². The molecule has 1 aliphatic carbocycles. The van der Waals surface area contributed by atoms with Gasteiger partial charge in [-0.15, -0.1) is 0 Å². The maximum absolute atomic E-state index is 12.3. The lowest BCUT2D eigenvalue weighted by atomic mass is 9.98. The number of rotatable bonds is 4. The lowest BCUT2D eigenvalue weighted by molar-refractivity contribution is 0.309. The van der Waals surface area contributed by atoms with Crippen LogP contribution in [0.1, 0.15) is 25.7 Å². The van der Waals surface area contributed by atoms with Gasteiger partial charge in [0.05, 0.1) is 10.4 Å². The van der Waals surface area contributed by atoms with E-state index in [1.807, 2.05) is 0 Å². The molecule has 0 saturated heterocycles. The summed E-state index contributed by atoms with van der Waals surface area (Å²) in [6.45, 7) is 0. The minimum absolute atomic E-state index is 0.0792. The molecule has 7 heteroatoms. The molecule has 1 saturated carbocycles. The standard InChI is InChI=1S/C12H17N3O3S/c13-11(14-16)12(8-4-5-9-12)15-19(17,18)10-6-2-1-3-7-10/h1-3,6-7,15-16H,4-5,8-9H2,(H2,13,14). The van der Waals surface area contributed by atoms with E-state index in [1.165, 1.54) is 12.1 Å². The molecule has 0 atom stereocenters. The summed E-state index contributed by atoms with van der Waals surface area (Å²) in [5, 5.41) is 11.8. The smallest absolute Gasteiger partial charge is 0.241 e. The van der Waals surface area contributed by atoms with Crippen LogP contribution in [0.25, 0.3) is 0 Å². The first-order chi connectivity index (χ1) is 9.00. The fourth-order valence-corrected chi connectivity index (χ4v) is 3.86. The van der Waals surface area contributed by atoms with Gasteiger partial charge in [-0.25, -0.2) is 8.42 Å². The number of nitrogens with zero attached hydrogens (tertiary/aromatic N) is 1. The number of hydrogen-bond donors (Lipinski definition) is 3. The Morgan fingerprint density at radius 1 is 1.26 bits per heavy atom. The zero-order valence-corrected chi connectivity index (χ0v) is 11.2. The van der Waals surface area contributed by atoms with E-state index >= 15 is 0 Å². The molecule has 0 spiro atoms. The number of nitrogens with two attached hydrogens (primary N) is 1. The molecule has 0 radical (unpaired) electrons. The second kappa shape index (κ2) is 5.18. The first-order valence-electron chi connectivity index (χ1n) is 6.07. The molecule has 104 valence electrons. The quantitative estimate of drug-likeness (QED) is 0.332. The molecule has 4 N–H and O–H groups in total. The maximum Gasteiger partial charge on any atom is 0.241 e. The highest BCUT2D eigenvalue weighted by molar-refractivity contribution is 7.89. The summed E-state index contributed by atoms with van der Waals surface area (Å²) in [4.78, 5) is 0.173. The van der Waals surface area contributed by atoms with Crippen LogP contribution < -0.4 is 10.5 Å². The van der Waals surface area contributed by atoms with Crippen LogP contribution in [0.4, 0.5) is 0 Å². The van der Waals surface area contributed by atoms with Crippen LogP contribution in [-0.4, -0.2) is 25.0 Å². The van der Waals surface area contributed by atoms with Gasteiger partial charge >= 0.3 is 0 Å². The van der Waals surface area contributed by atoms with Crippen LogP contribution in [0.15, 0.2) is 40.4 Å². The third-order valence-electron chi connectivity index (χ3n) is 3.44. The maximum atomic E-state index is 12.3. The molecule has 1 fully saturated rings. The number of benzene rings is 1. The van der Waals surface area contributed by atoms with E-state index in [1.54, 1.807) is 18.2 Å². The average molecular weight is 283 g/mol. The van der Waals surface area contributed by atoms with Crippen molar-refractivity contribution < 1.29 is 13.6 Å². The minimum atomic E-state index is -3.68. The van der Waals surface area contributed by atoms with Crippen LogP contribution in [0.5, 0.6) is 0 Å². The van der Waals surface area contributed by atoms with Gasteiger partial charge in [0.1, 0.15) is 0 Å². The van der Waals surface area contributed by atoms with Crippen LogP contribution in [0.3, 0.4) is 0 Å². The van der Waals surface area contributed by atoms with E-state index in [9.17, 15) is 8.42 Å². The SMILES string of the molecule is N/C(=N/O)C1(NS(=O)(=O)c2ccccc2)CCCC1. The van der Waals surface area contributed by atoms with Crippen molar-refractivity contribution in [1.29, 1.82) is 0 Å². The summed E-state index contributed by atoms with van der Waals surface area (Å²) in [6, 6.07) is 8.07. The van der Waals surface area contributed by atoms with Gasteiger partial charge in [-0.2, -0.15) is 4.72 Å². The fraction of sp³-hybridized carbons (Fsp3) is 0.417. The van der Waals surface area contributed by atoms with Gasteiger partial charge in [0, 0.05) is 0 Å². The van der Waals surface area contributed by atoms with Crippen molar-refractivity contribution in [2.75, 3.05) is 0 Å². The van der Waals surface area contributed by atoms with Gasteiger partial charge in [0.2, 0.25) is 10.0 Å². The van der Waals surface area contributed by atoms with E-state index in [-0.39, 0.29) is 10.7 Å². The van der Waals surface area contributed by atoms with Crippen molar-refractivity contribution in [2.24, 2.45) is 10.9 Å². The Morgan fingerprint density at radius 3 is 2.37 bits per heavy atom. The highest BCUT2D eigenvalue weighted by Crippen LogP contribution is 2.31. The molecule has 0 bridgehead atoms. The van der Waals surface area contributed by atoms with Gasteiger partial charge in [-0.3, -0.25) is 0 Å². The molecule has 0 heterocycles. The first-order valence-corrected chi connectivity index (χ1v) is 7.55. The van der Waals surface area contributed by atoms with Gasteiger partial charge < -0.3 is 10.9 Å². The second-order valence-corrected chi connectivity index (χ2v) is 6.38. The van der Waals surface area contributed by atoms with Gasteiger partial charge in [-0.1, -0.05) is 36.2 Å². The monoisotopic (exact) mass is 283 g/mol. The highest BCUT2D eigenvalue weighted by Gasteiger charge is 2.42. The molecule has 19 heavy (non-hydrogen) atoms. The Balaban J connectivity index is 2.33. The predicted molar refractivity (Wildman–Crippen MR) is 71.4 cm³/mol. The third kappa shape index (κ3) is 2.71. The van der Waals surface area contributed by atoms with Crippen molar-refractivity contribution in [2.45, 2.75) is 36.1 Å². The van der Waals surface area contributed by atoms with Gasteiger partial charge in [0.15, 0.2) is 5.84 Å². The Hall–Kier alpha value is -1.60. The summed E-state index contributed by atoms with van der Waals surface area (Å²) in [6.07, 6.45) is 2.75. The van der Waals surface area contributed by atoms with E-state index < -0.39 is 15.6 Å². The fourth-order valence-electron chi connectivity index (χ4n) is 2.40. The molecule has 0 unspecified atom stereocenters. The summed E-state index contributed by atoms with van der Waals surface area (Å²) in [7, 11) is -3.68. The average Bonchev–Trinajstić information content (AvgIpc) is 2.88. The minimum Gasteiger partial charge on any atom is -0.409 e. The predicted octanol–water partition coefficient (Wildman–Crippen LogP) is 1.02. The Kier molecular flexibility index (Phi) is 3.77. The van der Waals surface area contributed by atoms with Crippen molar-refractivity contribution in [3.8, 4) is 0 Å². The topological polar surface area (TPSA) is 105 Å². The number of nitrogens with one attached hydrogen (secondary N) is 1. The van der Waals surface area contributed by atoms with Crippen molar-refractivity contribution in [1.82, 2.24) is 4.72 Å². The third-order valence-corrected chi connectivity index (χ3v) is 4.99. The summed E-state index contributed by atoms with van der Waals surface area (Å²) >= 11 is 0. The number of hydrogen-bond acceptors (Lipinski definition) is 4. The number of amidine groups is 1. The summed E-state index contributed by atoms with van der Waals surface area (Å²) in [5.41, 5.74) is 4.70. The van der Waals surface area contributed by atoms with E-state index in [0.29, 0.717) is 12.8 Å². The van der Waals surface area contributed by atoms with E-state index in [2.05, 4.69) is 9.88 Å². The molecule has 0 aromatic heterocycles. The molecule has 1 aromatic rings. The lowest BCUT2D eigenvalue weighted by Gasteiger charge is -2.28. The summed E-state index contributed by atoms with van der Waals surface area (Å²) < 4.78 is 27.2. The van der Waals surface area contributed by atoms with Crippen molar-refractivity contribution >= 4 is 15.9 Å². The molecule has 0 amide bonds. The molecule has 6 nitrogen and oxygen atoms in total. The normalized spacial score (nSPS) is 19.5. The lowest BCUT2D eigenvalue weighted by Crippen LogP contribution is -2.55. The molecule has 2 rings (SSSR count). The van der Waals surface area contributed by atoms with Gasteiger partial charge in [-0.05, 0) is 25.0 Å². The van der Waals surface area contributed by atoms with Crippen LogP contribution in [0.2, 0.25) is 0 Å². The van der Waals surface area contributed by atoms with E-state index in [0.717, 1.165) is 12.8 Å². The zero-order chi connectivity index (χ0) is 13.9. The largest absolute Gasteiger partial charge is 0.409 e. The number of oxime groups is 1. The molecular formula is C12H17N3O3S. The first kappa shape index (κ1) is 13.8. The molecule has 1 aliphatic rings. The number of sulfonamides is 1. The van der Waals surface area contributed by atoms with Crippen LogP contribution in [0, 0.1) is 0 Å². The van der Waals surface area contributed by atoms with Gasteiger partial charge in [0.25, 0.3) is 0 Å². The molecule has 0 aliphatic heterocycles. The van der Waals surface area contributed by atoms with Crippen LogP contribution in [-0.2, 0) is 10.0 Å². The van der Waals surface area contributed by atoms with Crippen molar-refractivity contribution in [3.63, 3.8) is 0 Å². The van der Waals surface area contributed by atoms with Crippen LogP contribution >= 0.6 is 0 Å². The Bertz CT molecular complexity index is 563. The summed E-state index contributed by atoms with van der Waals surface area (Å²) in [5.74, 6) is -0.0792. The Morgan fingerprint density at radius 2 is 1.84 bits per heavy atom. The Labute approximate surface area is 112 Å². The van der Waals surface area contributed by atoms with Crippen molar-refractivity contribution in [3.05, 3.63) is 30.3 Å². The molecule has 1 aromatic carbocycles. The zero-order valence-electron chi connectivity index (χ0n) is 10.4.